The molecule has 0 bridgehead atoms. The number of carbonyl (C=O) groups is 1. The fraction of sp³-hybridized carbons (Fsp3) is 0.190. The van der Waals surface area contributed by atoms with E-state index in [9.17, 15) is 18.0 Å². The van der Waals surface area contributed by atoms with Crippen molar-refractivity contribution in [1.29, 1.82) is 0 Å². The average molecular weight is 456 g/mol. The maximum atomic E-state index is 12.8. The molecule has 8 nitrogen and oxygen atoms in total. The summed E-state index contributed by atoms with van der Waals surface area (Å²) >= 11 is 1.14. The molecule has 4 aromatic rings. The first-order valence-corrected chi connectivity index (χ1v) is 11.9. The number of carbonyl (C=O) groups excluding carboxylic acids is 1. The normalized spacial score (nSPS) is 15.0. The van der Waals surface area contributed by atoms with Crippen LogP contribution in [0.1, 0.15) is 23.2 Å². The Kier molecular flexibility index (Phi) is 4.84. The van der Waals surface area contributed by atoms with Gasteiger partial charge in [-0.1, -0.05) is 29.5 Å². The van der Waals surface area contributed by atoms with Crippen LogP contribution in [0.15, 0.2) is 62.6 Å². The highest BCUT2D eigenvalue weighted by atomic mass is 32.2. The second-order valence-corrected chi connectivity index (χ2v) is 10.2. The highest BCUT2D eigenvalue weighted by Gasteiger charge is 2.27. The van der Waals surface area contributed by atoms with Crippen LogP contribution in [-0.4, -0.2) is 36.7 Å². The number of amides is 1. The number of anilines is 1. The van der Waals surface area contributed by atoms with Crippen molar-refractivity contribution < 1.29 is 17.6 Å². The van der Waals surface area contributed by atoms with Gasteiger partial charge in [-0.25, -0.2) is 18.2 Å². The number of sulfonamides is 1. The van der Waals surface area contributed by atoms with Gasteiger partial charge in [0, 0.05) is 18.5 Å². The third-order valence-electron chi connectivity index (χ3n) is 5.17. The van der Waals surface area contributed by atoms with Gasteiger partial charge in [0.2, 0.25) is 10.0 Å². The molecule has 1 saturated heterocycles. The zero-order valence-electron chi connectivity index (χ0n) is 16.2. The van der Waals surface area contributed by atoms with Crippen LogP contribution in [0.2, 0.25) is 0 Å². The number of hydrogen-bond acceptors (Lipinski definition) is 7. The van der Waals surface area contributed by atoms with Crippen molar-refractivity contribution in [2.75, 3.05) is 18.4 Å². The lowest BCUT2D eigenvalue weighted by Crippen LogP contribution is -2.27. The molecule has 31 heavy (non-hydrogen) atoms. The summed E-state index contributed by atoms with van der Waals surface area (Å²) in [6.07, 6.45) is 1.72. The largest absolute Gasteiger partial charge is 0.422 e. The van der Waals surface area contributed by atoms with Crippen molar-refractivity contribution in [3.8, 4) is 0 Å². The van der Waals surface area contributed by atoms with Crippen LogP contribution in [0.25, 0.3) is 21.2 Å². The van der Waals surface area contributed by atoms with E-state index in [1.165, 1.54) is 16.4 Å². The summed E-state index contributed by atoms with van der Waals surface area (Å²) in [5.74, 6) is -0.636. The Balaban J connectivity index is 1.44. The number of para-hydroxylation sites is 1. The minimum Gasteiger partial charge on any atom is -0.422 e. The highest BCUT2D eigenvalue weighted by molar-refractivity contribution is 7.89. The summed E-state index contributed by atoms with van der Waals surface area (Å²) in [5, 5.41) is 3.51. The summed E-state index contributed by atoms with van der Waals surface area (Å²) in [5.41, 5.74) is 0.0913. The average Bonchev–Trinajstić information content (AvgIpc) is 3.42. The van der Waals surface area contributed by atoms with E-state index in [-0.39, 0.29) is 15.6 Å². The van der Waals surface area contributed by atoms with Crippen molar-refractivity contribution in [3.63, 3.8) is 0 Å². The van der Waals surface area contributed by atoms with Gasteiger partial charge in [0.05, 0.1) is 15.1 Å². The van der Waals surface area contributed by atoms with Crippen LogP contribution in [-0.2, 0) is 10.0 Å². The van der Waals surface area contributed by atoms with E-state index < -0.39 is 21.6 Å². The van der Waals surface area contributed by atoms with E-state index in [0.717, 1.165) is 24.2 Å². The first-order chi connectivity index (χ1) is 14.9. The van der Waals surface area contributed by atoms with Gasteiger partial charge in [-0.05, 0) is 43.2 Å². The first kappa shape index (κ1) is 19.9. The van der Waals surface area contributed by atoms with E-state index in [1.54, 1.807) is 36.4 Å². The molecule has 0 spiro atoms. The second-order valence-electron chi connectivity index (χ2n) is 7.20. The molecule has 1 aliphatic rings. The van der Waals surface area contributed by atoms with Crippen LogP contribution < -0.4 is 10.9 Å². The molecule has 1 fully saturated rings. The number of nitrogens with zero attached hydrogens (tertiary/aromatic N) is 2. The number of hydrogen-bond donors (Lipinski definition) is 1. The third kappa shape index (κ3) is 3.62. The van der Waals surface area contributed by atoms with Crippen LogP contribution in [0, 0.1) is 0 Å². The van der Waals surface area contributed by atoms with E-state index in [0.29, 0.717) is 34.3 Å². The predicted molar refractivity (Wildman–Crippen MR) is 118 cm³/mol. The van der Waals surface area contributed by atoms with E-state index >= 15 is 0 Å². The number of benzene rings is 2. The number of rotatable bonds is 4. The highest BCUT2D eigenvalue weighted by Crippen LogP contribution is 2.30. The standard InChI is InChI=1S/C21H17N3O5S2/c25-19(15-11-13-5-1-2-6-17(13)29-20(15)26)23-21-22-16-8-7-14(12-18(16)30-21)31(27,28)24-9-3-4-10-24/h1-2,5-8,11-12H,3-4,9-10H2,(H,22,23,25). The number of nitrogens with one attached hydrogen (secondary N) is 1. The molecule has 2 aromatic heterocycles. The summed E-state index contributed by atoms with van der Waals surface area (Å²) in [6.45, 7) is 1.05. The molecule has 0 aliphatic carbocycles. The molecular weight excluding hydrogens is 438 g/mol. The van der Waals surface area contributed by atoms with Gasteiger partial charge >= 0.3 is 5.63 Å². The van der Waals surface area contributed by atoms with Crippen molar-refractivity contribution in [2.45, 2.75) is 17.7 Å². The fourth-order valence-electron chi connectivity index (χ4n) is 3.58. The lowest BCUT2D eigenvalue weighted by molar-refractivity contribution is 0.102. The Morgan fingerprint density at radius 3 is 2.68 bits per heavy atom. The molecule has 1 N–H and O–H groups in total. The lowest BCUT2D eigenvalue weighted by atomic mass is 10.2. The minimum atomic E-state index is -3.54. The molecule has 2 aromatic carbocycles. The Bertz CT molecular complexity index is 1480. The van der Waals surface area contributed by atoms with E-state index in [2.05, 4.69) is 10.3 Å². The topological polar surface area (TPSA) is 110 Å². The molecule has 1 amide bonds. The summed E-state index contributed by atoms with van der Waals surface area (Å²) in [4.78, 5) is 29.4. The van der Waals surface area contributed by atoms with Gasteiger partial charge in [-0.2, -0.15) is 4.31 Å². The van der Waals surface area contributed by atoms with E-state index in [1.807, 2.05) is 0 Å². The fourth-order valence-corrected chi connectivity index (χ4v) is 6.10. The number of aromatic nitrogens is 1. The minimum absolute atomic E-state index is 0.129. The molecule has 3 heterocycles. The molecule has 0 radical (unpaired) electrons. The van der Waals surface area contributed by atoms with Crippen molar-refractivity contribution in [1.82, 2.24) is 9.29 Å². The molecule has 0 unspecified atom stereocenters. The number of fused-ring (bicyclic) bond motifs is 2. The van der Waals surface area contributed by atoms with Gasteiger partial charge < -0.3 is 4.42 Å². The van der Waals surface area contributed by atoms with Crippen molar-refractivity contribution >= 4 is 53.6 Å². The Hall–Kier alpha value is -3.08. The molecule has 1 aliphatic heterocycles. The molecule has 0 saturated carbocycles. The zero-order chi connectivity index (χ0) is 21.6. The second kappa shape index (κ2) is 7.56. The summed E-state index contributed by atoms with van der Waals surface area (Å²) < 4.78 is 32.9. The van der Waals surface area contributed by atoms with Gasteiger partial charge in [-0.15, -0.1) is 0 Å². The van der Waals surface area contributed by atoms with Gasteiger partial charge in [0.15, 0.2) is 5.13 Å². The first-order valence-electron chi connectivity index (χ1n) is 9.67. The van der Waals surface area contributed by atoms with Gasteiger partial charge in [0.25, 0.3) is 5.91 Å². The van der Waals surface area contributed by atoms with Gasteiger partial charge in [-0.3, -0.25) is 10.1 Å². The molecule has 10 heteroatoms. The van der Waals surface area contributed by atoms with E-state index in [4.69, 9.17) is 4.42 Å². The lowest BCUT2D eigenvalue weighted by Gasteiger charge is -2.15. The van der Waals surface area contributed by atoms with Crippen molar-refractivity contribution in [2.24, 2.45) is 0 Å². The SMILES string of the molecule is O=C(Nc1nc2ccc(S(=O)(=O)N3CCCC3)cc2s1)c1cc2ccccc2oc1=O. The zero-order valence-corrected chi connectivity index (χ0v) is 17.8. The van der Waals surface area contributed by atoms with Crippen LogP contribution >= 0.6 is 11.3 Å². The maximum absolute atomic E-state index is 12.8. The smallest absolute Gasteiger partial charge is 0.349 e. The molecule has 158 valence electrons. The predicted octanol–water partition coefficient (Wildman–Crippen LogP) is 3.44. The van der Waals surface area contributed by atoms with Crippen molar-refractivity contribution in [3.05, 3.63) is 64.5 Å². The Labute approximate surface area is 181 Å². The van der Waals surface area contributed by atoms with Crippen LogP contribution in [0.5, 0.6) is 0 Å². The van der Waals surface area contributed by atoms with Gasteiger partial charge in [0.1, 0.15) is 11.1 Å². The maximum Gasteiger partial charge on any atom is 0.349 e. The quantitative estimate of drug-likeness (QED) is 0.472. The third-order valence-corrected chi connectivity index (χ3v) is 8.00. The Morgan fingerprint density at radius 2 is 1.87 bits per heavy atom. The van der Waals surface area contributed by atoms with Crippen LogP contribution in [0.3, 0.4) is 0 Å². The summed E-state index contributed by atoms with van der Waals surface area (Å²) in [6, 6.07) is 13.1. The molecular formula is C21H17N3O5S2. The summed E-state index contributed by atoms with van der Waals surface area (Å²) in [7, 11) is -3.54. The number of thiazole rings is 1. The monoisotopic (exact) mass is 455 g/mol. The van der Waals surface area contributed by atoms with Crippen LogP contribution in [0.4, 0.5) is 5.13 Å². The molecule has 5 rings (SSSR count). The Morgan fingerprint density at radius 1 is 1.10 bits per heavy atom. The molecule has 0 atom stereocenters.